The Hall–Kier alpha value is -2.57. The van der Waals surface area contributed by atoms with Gasteiger partial charge in [-0.3, -0.25) is 4.79 Å². The molecule has 4 nitrogen and oxygen atoms in total. The second-order valence-corrected chi connectivity index (χ2v) is 3.70. The summed E-state index contributed by atoms with van der Waals surface area (Å²) in [5.41, 5.74) is 0.111. The summed E-state index contributed by atoms with van der Waals surface area (Å²) in [7, 11) is 0. The van der Waals surface area contributed by atoms with Crippen molar-refractivity contribution in [1.29, 1.82) is 0 Å². The molecule has 0 fully saturated rings. The number of ether oxygens (including phenoxy) is 1. The lowest BCUT2D eigenvalue weighted by Gasteiger charge is -2.07. The fraction of sp³-hybridized carbons (Fsp3) is 0.0769. The van der Waals surface area contributed by atoms with E-state index < -0.39 is 18.5 Å². The predicted octanol–water partition coefficient (Wildman–Crippen LogP) is 3.07. The summed E-state index contributed by atoms with van der Waals surface area (Å²) < 4.78 is 41.3. The number of hydrogen-bond acceptors (Lipinski definition) is 3. The molecular weight excluding hydrogens is 273 g/mol. The number of hydrogen-bond donors (Lipinski definition) is 1. The quantitative estimate of drug-likeness (QED) is 0.877. The highest BCUT2D eigenvalue weighted by atomic mass is 19.3. The first-order valence-electron chi connectivity index (χ1n) is 5.53. The van der Waals surface area contributed by atoms with Crippen molar-refractivity contribution in [2.45, 2.75) is 6.61 Å². The minimum absolute atomic E-state index is 0.0365. The van der Waals surface area contributed by atoms with Gasteiger partial charge in [0.05, 0.1) is 5.56 Å². The van der Waals surface area contributed by atoms with Gasteiger partial charge >= 0.3 is 6.61 Å². The van der Waals surface area contributed by atoms with Gasteiger partial charge in [-0.05, 0) is 36.4 Å². The SMILES string of the molecule is O=C(Nc1ccc(OC(F)F)cc1)c1cccnc1F. The molecule has 20 heavy (non-hydrogen) atoms. The van der Waals surface area contributed by atoms with Crippen LogP contribution in [0.15, 0.2) is 42.6 Å². The fourth-order valence-corrected chi connectivity index (χ4v) is 1.47. The molecule has 0 aliphatic rings. The third kappa shape index (κ3) is 3.47. The first kappa shape index (κ1) is 13.9. The van der Waals surface area contributed by atoms with Crippen LogP contribution in [-0.2, 0) is 0 Å². The zero-order chi connectivity index (χ0) is 14.5. The Morgan fingerprint density at radius 3 is 2.50 bits per heavy atom. The largest absolute Gasteiger partial charge is 0.435 e. The highest BCUT2D eigenvalue weighted by Crippen LogP contribution is 2.18. The Morgan fingerprint density at radius 1 is 1.20 bits per heavy atom. The van der Waals surface area contributed by atoms with Gasteiger partial charge in [0, 0.05) is 11.9 Å². The van der Waals surface area contributed by atoms with Gasteiger partial charge in [-0.2, -0.15) is 13.2 Å². The van der Waals surface area contributed by atoms with Crippen molar-refractivity contribution >= 4 is 11.6 Å². The van der Waals surface area contributed by atoms with Crippen LogP contribution in [0.2, 0.25) is 0 Å². The van der Waals surface area contributed by atoms with Gasteiger partial charge < -0.3 is 10.1 Å². The summed E-state index contributed by atoms with van der Waals surface area (Å²) >= 11 is 0. The minimum Gasteiger partial charge on any atom is -0.435 e. The van der Waals surface area contributed by atoms with Gasteiger partial charge in [-0.1, -0.05) is 0 Å². The molecule has 1 heterocycles. The second-order valence-electron chi connectivity index (χ2n) is 3.70. The Bertz CT molecular complexity index is 603. The molecule has 2 rings (SSSR count). The van der Waals surface area contributed by atoms with Crippen molar-refractivity contribution < 1.29 is 22.7 Å². The number of carbonyl (C=O) groups is 1. The van der Waals surface area contributed by atoms with E-state index in [1.165, 1.54) is 42.6 Å². The van der Waals surface area contributed by atoms with E-state index >= 15 is 0 Å². The Balaban J connectivity index is 2.07. The van der Waals surface area contributed by atoms with E-state index in [1.807, 2.05) is 0 Å². The number of anilines is 1. The Morgan fingerprint density at radius 2 is 1.90 bits per heavy atom. The van der Waals surface area contributed by atoms with Gasteiger partial charge in [0.15, 0.2) is 0 Å². The zero-order valence-corrected chi connectivity index (χ0v) is 10.0. The van der Waals surface area contributed by atoms with Crippen molar-refractivity contribution in [2.75, 3.05) is 5.32 Å². The summed E-state index contributed by atoms with van der Waals surface area (Å²) in [5, 5.41) is 2.42. The third-order valence-corrected chi connectivity index (χ3v) is 2.34. The number of carbonyl (C=O) groups excluding carboxylic acids is 1. The minimum atomic E-state index is -2.92. The van der Waals surface area contributed by atoms with Crippen LogP contribution < -0.4 is 10.1 Å². The van der Waals surface area contributed by atoms with Gasteiger partial charge in [0.25, 0.3) is 5.91 Å². The predicted molar refractivity (Wildman–Crippen MR) is 65.2 cm³/mol. The molecule has 0 spiro atoms. The molecular formula is C13H9F3N2O2. The standard InChI is InChI=1S/C13H9F3N2O2/c14-11-10(2-1-7-17-11)12(19)18-8-3-5-9(6-4-8)20-13(15)16/h1-7,13H,(H,18,19). The maximum absolute atomic E-state index is 13.3. The highest BCUT2D eigenvalue weighted by molar-refractivity contribution is 6.04. The third-order valence-electron chi connectivity index (χ3n) is 2.34. The van der Waals surface area contributed by atoms with Crippen LogP contribution in [0, 0.1) is 5.95 Å². The first-order chi connectivity index (χ1) is 9.56. The molecule has 0 atom stereocenters. The number of halogens is 3. The monoisotopic (exact) mass is 282 g/mol. The summed E-state index contributed by atoms with van der Waals surface area (Å²) in [6.07, 6.45) is 1.22. The number of pyridine rings is 1. The number of amides is 1. The molecule has 0 radical (unpaired) electrons. The molecule has 0 aliphatic carbocycles. The summed E-state index contributed by atoms with van der Waals surface area (Å²) in [5.74, 6) is -1.61. The molecule has 7 heteroatoms. The van der Waals surface area contributed by atoms with Crippen LogP contribution >= 0.6 is 0 Å². The topological polar surface area (TPSA) is 51.2 Å². The van der Waals surface area contributed by atoms with E-state index in [0.717, 1.165) is 0 Å². The van der Waals surface area contributed by atoms with E-state index in [2.05, 4.69) is 15.0 Å². The van der Waals surface area contributed by atoms with Crippen LogP contribution in [0.3, 0.4) is 0 Å². The van der Waals surface area contributed by atoms with Crippen LogP contribution in [-0.4, -0.2) is 17.5 Å². The average Bonchev–Trinajstić information content (AvgIpc) is 2.41. The zero-order valence-electron chi connectivity index (χ0n) is 10.0. The number of nitrogens with one attached hydrogen (secondary N) is 1. The fourth-order valence-electron chi connectivity index (χ4n) is 1.47. The first-order valence-corrected chi connectivity index (χ1v) is 5.53. The highest BCUT2D eigenvalue weighted by Gasteiger charge is 2.12. The maximum Gasteiger partial charge on any atom is 0.387 e. The molecule has 0 unspecified atom stereocenters. The lowest BCUT2D eigenvalue weighted by atomic mass is 10.2. The molecule has 1 aromatic carbocycles. The van der Waals surface area contributed by atoms with Crippen molar-refractivity contribution in [3.8, 4) is 5.75 Å². The molecule has 1 amide bonds. The average molecular weight is 282 g/mol. The molecule has 0 saturated carbocycles. The lowest BCUT2D eigenvalue weighted by Crippen LogP contribution is -2.14. The van der Waals surface area contributed by atoms with Gasteiger partial charge in [0.2, 0.25) is 5.95 Å². The molecule has 0 saturated heterocycles. The van der Waals surface area contributed by atoms with Crippen LogP contribution in [0.25, 0.3) is 0 Å². The number of alkyl halides is 2. The molecule has 104 valence electrons. The summed E-state index contributed by atoms with van der Waals surface area (Å²) in [6, 6.07) is 7.97. The van der Waals surface area contributed by atoms with Crippen LogP contribution in [0.4, 0.5) is 18.9 Å². The van der Waals surface area contributed by atoms with Crippen molar-refractivity contribution in [1.82, 2.24) is 4.98 Å². The Kier molecular flexibility index (Phi) is 4.19. The van der Waals surface area contributed by atoms with Crippen molar-refractivity contribution in [2.24, 2.45) is 0 Å². The van der Waals surface area contributed by atoms with Gasteiger partial charge in [-0.25, -0.2) is 4.98 Å². The lowest BCUT2D eigenvalue weighted by molar-refractivity contribution is -0.0498. The number of nitrogens with zero attached hydrogens (tertiary/aromatic N) is 1. The normalized spacial score (nSPS) is 10.4. The smallest absolute Gasteiger partial charge is 0.387 e. The molecule has 1 aromatic heterocycles. The van der Waals surface area contributed by atoms with Crippen LogP contribution in [0.1, 0.15) is 10.4 Å². The molecule has 1 N–H and O–H groups in total. The van der Waals surface area contributed by atoms with Crippen LogP contribution in [0.5, 0.6) is 5.75 Å². The van der Waals surface area contributed by atoms with Crippen molar-refractivity contribution in [3.63, 3.8) is 0 Å². The molecule has 0 bridgehead atoms. The van der Waals surface area contributed by atoms with E-state index in [4.69, 9.17) is 0 Å². The molecule has 0 aliphatic heterocycles. The summed E-state index contributed by atoms with van der Waals surface area (Å²) in [4.78, 5) is 15.1. The van der Waals surface area contributed by atoms with E-state index in [-0.39, 0.29) is 11.3 Å². The number of aromatic nitrogens is 1. The van der Waals surface area contributed by atoms with E-state index in [1.54, 1.807) is 0 Å². The van der Waals surface area contributed by atoms with E-state index in [0.29, 0.717) is 5.69 Å². The number of rotatable bonds is 4. The van der Waals surface area contributed by atoms with Gasteiger partial charge in [0.1, 0.15) is 5.75 Å². The summed E-state index contributed by atoms with van der Waals surface area (Å²) in [6.45, 7) is -2.92. The molecule has 2 aromatic rings. The van der Waals surface area contributed by atoms with Gasteiger partial charge in [-0.15, -0.1) is 0 Å². The second kappa shape index (κ2) is 6.05. The number of benzene rings is 1. The van der Waals surface area contributed by atoms with Crippen molar-refractivity contribution in [3.05, 3.63) is 54.1 Å². The Labute approximate surface area is 112 Å². The van der Waals surface area contributed by atoms with E-state index in [9.17, 15) is 18.0 Å². The maximum atomic E-state index is 13.3.